The Morgan fingerprint density at radius 3 is 1.15 bits per heavy atom. The van der Waals surface area contributed by atoms with Gasteiger partial charge >= 0.3 is 0 Å². The molecule has 2 heteroatoms. The maximum Gasteiger partial charge on any atom is 0.0350 e. The molecule has 1 aromatic rings. The van der Waals surface area contributed by atoms with Crippen molar-refractivity contribution in [1.82, 2.24) is 0 Å². The molecule has 0 aliphatic rings. The molecule has 26 heavy (non-hydrogen) atoms. The van der Waals surface area contributed by atoms with Gasteiger partial charge in [0.1, 0.15) is 0 Å². The summed E-state index contributed by atoms with van der Waals surface area (Å²) in [5.41, 5.74) is 17.2. The van der Waals surface area contributed by atoms with E-state index in [0.717, 1.165) is 24.2 Å². The molecule has 2 nitrogen and oxygen atoms in total. The SMILES string of the molecule is CCCCCCCCCc1c(N)ccc(N)c1CCCCCCCCC. The van der Waals surface area contributed by atoms with Crippen LogP contribution in [0.15, 0.2) is 12.1 Å². The van der Waals surface area contributed by atoms with Crippen LogP contribution in [0.3, 0.4) is 0 Å². The number of benzene rings is 1. The van der Waals surface area contributed by atoms with E-state index in [4.69, 9.17) is 11.5 Å². The fraction of sp³-hybridized carbons (Fsp3) is 0.750. The molecule has 0 saturated heterocycles. The largest absolute Gasteiger partial charge is 0.398 e. The van der Waals surface area contributed by atoms with E-state index in [0.29, 0.717) is 0 Å². The molecule has 0 unspecified atom stereocenters. The Hall–Kier alpha value is -1.18. The summed E-state index contributed by atoms with van der Waals surface area (Å²) in [4.78, 5) is 0. The molecule has 0 atom stereocenters. The lowest BCUT2D eigenvalue weighted by Gasteiger charge is -2.15. The fourth-order valence-corrected chi connectivity index (χ4v) is 3.84. The molecule has 0 spiro atoms. The Morgan fingerprint density at radius 1 is 0.500 bits per heavy atom. The van der Waals surface area contributed by atoms with Gasteiger partial charge in [-0.2, -0.15) is 0 Å². The van der Waals surface area contributed by atoms with Crippen LogP contribution < -0.4 is 11.5 Å². The Balaban J connectivity index is 2.38. The predicted octanol–water partition coefficient (Wildman–Crippen LogP) is 7.44. The van der Waals surface area contributed by atoms with E-state index in [2.05, 4.69) is 13.8 Å². The minimum Gasteiger partial charge on any atom is -0.398 e. The van der Waals surface area contributed by atoms with Gasteiger partial charge in [-0.15, -0.1) is 0 Å². The van der Waals surface area contributed by atoms with Crippen molar-refractivity contribution in [2.75, 3.05) is 11.5 Å². The Bertz CT molecular complexity index is 425. The van der Waals surface area contributed by atoms with Crippen LogP contribution in [0.2, 0.25) is 0 Å². The summed E-state index contributed by atoms with van der Waals surface area (Å²) in [6.07, 6.45) is 20.9. The molecule has 1 rings (SSSR count). The second-order valence-corrected chi connectivity index (χ2v) is 7.94. The molecule has 1 aromatic carbocycles. The van der Waals surface area contributed by atoms with Gasteiger partial charge in [0.25, 0.3) is 0 Å². The lowest BCUT2D eigenvalue weighted by Crippen LogP contribution is -2.05. The molecule has 0 fully saturated rings. The second kappa shape index (κ2) is 14.9. The van der Waals surface area contributed by atoms with Crippen molar-refractivity contribution in [1.29, 1.82) is 0 Å². The van der Waals surface area contributed by atoms with Gasteiger partial charge in [0, 0.05) is 11.4 Å². The molecule has 0 radical (unpaired) electrons. The van der Waals surface area contributed by atoms with Crippen LogP contribution in [0.4, 0.5) is 11.4 Å². The summed E-state index contributed by atoms with van der Waals surface area (Å²) in [6.45, 7) is 4.55. The van der Waals surface area contributed by atoms with Gasteiger partial charge in [0.15, 0.2) is 0 Å². The summed E-state index contributed by atoms with van der Waals surface area (Å²) in [5, 5.41) is 0. The van der Waals surface area contributed by atoms with Gasteiger partial charge in [0.2, 0.25) is 0 Å². The lowest BCUT2D eigenvalue weighted by atomic mass is 9.93. The molecule has 0 heterocycles. The zero-order chi connectivity index (χ0) is 19.0. The second-order valence-electron chi connectivity index (χ2n) is 7.94. The van der Waals surface area contributed by atoms with E-state index in [1.54, 1.807) is 0 Å². The van der Waals surface area contributed by atoms with E-state index in [1.165, 1.54) is 101 Å². The highest BCUT2D eigenvalue weighted by Gasteiger charge is 2.10. The number of nitrogens with two attached hydrogens (primary N) is 2. The van der Waals surface area contributed by atoms with Crippen LogP contribution >= 0.6 is 0 Å². The maximum atomic E-state index is 6.30. The van der Waals surface area contributed by atoms with E-state index in [-0.39, 0.29) is 0 Å². The molecule has 0 aliphatic carbocycles. The Morgan fingerprint density at radius 2 is 0.808 bits per heavy atom. The van der Waals surface area contributed by atoms with Gasteiger partial charge in [-0.3, -0.25) is 0 Å². The molecule has 0 aliphatic heterocycles. The van der Waals surface area contributed by atoms with E-state index < -0.39 is 0 Å². The number of rotatable bonds is 16. The van der Waals surface area contributed by atoms with Crippen LogP contribution in [0.25, 0.3) is 0 Å². The smallest absolute Gasteiger partial charge is 0.0350 e. The van der Waals surface area contributed by atoms with Crippen molar-refractivity contribution in [3.05, 3.63) is 23.3 Å². The first kappa shape index (κ1) is 22.9. The molecular weight excluding hydrogens is 316 g/mol. The Labute approximate surface area is 163 Å². The molecule has 0 bridgehead atoms. The number of anilines is 2. The third-order valence-electron chi connectivity index (χ3n) is 5.56. The van der Waals surface area contributed by atoms with Gasteiger partial charge in [-0.1, -0.05) is 90.9 Å². The normalized spacial score (nSPS) is 11.2. The predicted molar refractivity (Wildman–Crippen MR) is 119 cm³/mol. The molecular formula is C24H44N2. The Kier molecular flexibility index (Phi) is 13.1. The van der Waals surface area contributed by atoms with Crippen molar-refractivity contribution >= 4 is 11.4 Å². The zero-order valence-corrected chi connectivity index (χ0v) is 17.6. The van der Waals surface area contributed by atoms with Crippen LogP contribution in [-0.4, -0.2) is 0 Å². The van der Waals surface area contributed by atoms with Crippen LogP contribution in [0.1, 0.15) is 115 Å². The average Bonchev–Trinajstić information content (AvgIpc) is 2.64. The highest BCUT2D eigenvalue weighted by molar-refractivity contribution is 5.62. The highest BCUT2D eigenvalue weighted by Crippen LogP contribution is 2.27. The highest BCUT2D eigenvalue weighted by atomic mass is 14.6. The van der Waals surface area contributed by atoms with Crippen molar-refractivity contribution in [3.8, 4) is 0 Å². The van der Waals surface area contributed by atoms with Gasteiger partial charge in [0.05, 0.1) is 0 Å². The molecule has 0 amide bonds. The summed E-state index contributed by atoms with van der Waals surface area (Å²) in [6, 6.07) is 4.00. The summed E-state index contributed by atoms with van der Waals surface area (Å²) < 4.78 is 0. The lowest BCUT2D eigenvalue weighted by molar-refractivity contribution is 0.583. The fourth-order valence-electron chi connectivity index (χ4n) is 3.84. The monoisotopic (exact) mass is 360 g/mol. The number of unbranched alkanes of at least 4 members (excludes halogenated alkanes) is 12. The van der Waals surface area contributed by atoms with E-state index in [9.17, 15) is 0 Å². The third-order valence-corrected chi connectivity index (χ3v) is 5.56. The van der Waals surface area contributed by atoms with Crippen molar-refractivity contribution in [2.45, 2.75) is 117 Å². The van der Waals surface area contributed by atoms with Gasteiger partial charge in [-0.05, 0) is 48.9 Å². The minimum absolute atomic E-state index is 0.947. The molecule has 0 aromatic heterocycles. The first-order valence-electron chi connectivity index (χ1n) is 11.4. The maximum absolute atomic E-state index is 6.30. The zero-order valence-electron chi connectivity index (χ0n) is 17.6. The van der Waals surface area contributed by atoms with E-state index >= 15 is 0 Å². The van der Waals surface area contributed by atoms with Crippen molar-refractivity contribution in [3.63, 3.8) is 0 Å². The molecule has 150 valence electrons. The summed E-state index contributed by atoms with van der Waals surface area (Å²) in [7, 11) is 0. The average molecular weight is 361 g/mol. The summed E-state index contributed by atoms with van der Waals surface area (Å²) >= 11 is 0. The van der Waals surface area contributed by atoms with Crippen LogP contribution in [0.5, 0.6) is 0 Å². The first-order valence-corrected chi connectivity index (χ1v) is 11.4. The number of hydrogen-bond donors (Lipinski definition) is 2. The molecule has 4 N–H and O–H groups in total. The minimum atomic E-state index is 0.947. The first-order chi connectivity index (χ1) is 12.7. The van der Waals surface area contributed by atoms with Crippen molar-refractivity contribution < 1.29 is 0 Å². The van der Waals surface area contributed by atoms with Gasteiger partial charge in [-0.25, -0.2) is 0 Å². The third kappa shape index (κ3) is 9.50. The van der Waals surface area contributed by atoms with Crippen LogP contribution in [0, 0.1) is 0 Å². The van der Waals surface area contributed by atoms with Crippen molar-refractivity contribution in [2.24, 2.45) is 0 Å². The summed E-state index contributed by atoms with van der Waals surface area (Å²) in [5.74, 6) is 0. The standard InChI is InChI=1S/C24H44N2/c1-3-5-7-9-11-13-15-17-21-22(24(26)20-19-23(21)25)18-16-14-12-10-8-6-4-2/h19-20H,3-18,25-26H2,1-2H3. The number of nitrogen functional groups attached to an aromatic ring is 2. The van der Waals surface area contributed by atoms with Gasteiger partial charge < -0.3 is 11.5 Å². The van der Waals surface area contributed by atoms with E-state index in [1.807, 2.05) is 12.1 Å². The molecule has 0 saturated carbocycles. The number of hydrogen-bond acceptors (Lipinski definition) is 2. The topological polar surface area (TPSA) is 52.0 Å². The van der Waals surface area contributed by atoms with Crippen LogP contribution in [-0.2, 0) is 12.8 Å². The quantitative estimate of drug-likeness (QED) is 0.238.